The average Bonchev–Trinajstić information content (AvgIpc) is 2.36. The van der Waals surface area contributed by atoms with Gasteiger partial charge in [-0.15, -0.1) is 0 Å². The molecule has 0 heterocycles. The molecule has 0 fully saturated rings. The first-order valence-corrected chi connectivity index (χ1v) is 6.78. The minimum Gasteiger partial charge on any atom is -0.354 e. The van der Waals surface area contributed by atoms with E-state index in [4.69, 9.17) is 5.73 Å². The van der Waals surface area contributed by atoms with Gasteiger partial charge in [0.1, 0.15) is 0 Å². The van der Waals surface area contributed by atoms with E-state index in [0.29, 0.717) is 12.0 Å². The van der Waals surface area contributed by atoms with Crippen molar-refractivity contribution in [2.45, 2.75) is 44.8 Å². The Kier molecular flexibility index (Phi) is 5.39. The van der Waals surface area contributed by atoms with Crippen LogP contribution in [0.2, 0.25) is 0 Å². The van der Waals surface area contributed by atoms with Crippen molar-refractivity contribution in [1.29, 1.82) is 0 Å². The van der Waals surface area contributed by atoms with Crippen molar-refractivity contribution < 1.29 is 18.0 Å². The van der Waals surface area contributed by atoms with E-state index in [-0.39, 0.29) is 12.5 Å². The fraction of sp³-hybridized carbons (Fsp3) is 0.533. The highest BCUT2D eigenvalue weighted by molar-refractivity contribution is 5.83. The second-order valence-corrected chi connectivity index (χ2v) is 5.79. The average molecular weight is 302 g/mol. The van der Waals surface area contributed by atoms with Gasteiger partial charge in [-0.25, -0.2) is 0 Å². The highest BCUT2D eigenvalue weighted by Gasteiger charge is 2.31. The number of hydrogen-bond acceptors (Lipinski definition) is 2. The van der Waals surface area contributed by atoms with Gasteiger partial charge in [-0.2, -0.15) is 13.2 Å². The van der Waals surface area contributed by atoms with Crippen molar-refractivity contribution >= 4 is 5.91 Å². The van der Waals surface area contributed by atoms with Gasteiger partial charge in [0, 0.05) is 12.1 Å². The van der Waals surface area contributed by atoms with E-state index in [2.05, 4.69) is 5.32 Å². The van der Waals surface area contributed by atoms with Crippen molar-refractivity contribution in [3.05, 3.63) is 35.4 Å². The van der Waals surface area contributed by atoms with E-state index in [1.54, 1.807) is 20.8 Å². The van der Waals surface area contributed by atoms with Crippen molar-refractivity contribution in [2.75, 3.05) is 6.54 Å². The summed E-state index contributed by atoms with van der Waals surface area (Å²) in [6.45, 7) is 5.55. The molecule has 6 heteroatoms. The molecule has 3 nitrogen and oxygen atoms in total. The first-order valence-electron chi connectivity index (χ1n) is 6.78. The molecule has 1 atom stereocenters. The maximum Gasteiger partial charge on any atom is 0.416 e. The molecule has 0 saturated heterocycles. The lowest BCUT2D eigenvalue weighted by atomic mass is 9.93. The molecule has 21 heavy (non-hydrogen) atoms. The summed E-state index contributed by atoms with van der Waals surface area (Å²) in [5.41, 5.74) is 4.83. The van der Waals surface area contributed by atoms with E-state index >= 15 is 0 Å². The minimum absolute atomic E-state index is 0.265. The summed E-state index contributed by atoms with van der Waals surface area (Å²) in [5.74, 6) is -0.926. The monoisotopic (exact) mass is 302 g/mol. The predicted octanol–water partition coefficient (Wildman–Crippen LogP) is 3.05. The summed E-state index contributed by atoms with van der Waals surface area (Å²) in [5, 5.41) is 2.69. The molecule has 0 saturated carbocycles. The van der Waals surface area contributed by atoms with Crippen LogP contribution in [-0.4, -0.2) is 18.0 Å². The second-order valence-electron chi connectivity index (χ2n) is 5.79. The van der Waals surface area contributed by atoms with Crippen LogP contribution < -0.4 is 11.1 Å². The highest BCUT2D eigenvalue weighted by Crippen LogP contribution is 2.31. The number of halogens is 3. The van der Waals surface area contributed by atoms with E-state index in [1.165, 1.54) is 12.1 Å². The van der Waals surface area contributed by atoms with Crippen LogP contribution in [0.25, 0.3) is 0 Å². The lowest BCUT2D eigenvalue weighted by molar-refractivity contribution is -0.137. The number of carbonyl (C=O) groups is 1. The summed E-state index contributed by atoms with van der Waals surface area (Å²) >= 11 is 0. The summed E-state index contributed by atoms with van der Waals surface area (Å²) in [6.07, 6.45) is -4.00. The molecular weight excluding hydrogens is 281 g/mol. The van der Waals surface area contributed by atoms with Gasteiger partial charge >= 0.3 is 6.18 Å². The molecule has 1 rings (SSSR count). The molecule has 0 spiro atoms. The molecule has 0 bridgehead atoms. The van der Waals surface area contributed by atoms with Gasteiger partial charge in [0.2, 0.25) is 5.91 Å². The van der Waals surface area contributed by atoms with E-state index in [9.17, 15) is 18.0 Å². The Labute approximate surface area is 122 Å². The van der Waals surface area contributed by atoms with Gasteiger partial charge in [-0.1, -0.05) is 25.1 Å². The van der Waals surface area contributed by atoms with Crippen molar-refractivity contribution in [1.82, 2.24) is 5.32 Å². The lowest BCUT2D eigenvalue weighted by Gasteiger charge is -2.22. The SMILES string of the molecule is CCC(C(=O)NCC(C)(C)N)c1cccc(C(F)(F)F)c1. The molecule has 0 aromatic heterocycles. The largest absolute Gasteiger partial charge is 0.416 e. The Morgan fingerprint density at radius 3 is 2.43 bits per heavy atom. The number of amides is 1. The zero-order valence-corrected chi connectivity index (χ0v) is 12.4. The lowest BCUT2D eigenvalue weighted by Crippen LogP contribution is -2.46. The normalized spacial score (nSPS) is 13.9. The number of rotatable bonds is 5. The molecule has 0 radical (unpaired) electrons. The predicted molar refractivity (Wildman–Crippen MR) is 75.8 cm³/mol. The van der Waals surface area contributed by atoms with Crippen LogP contribution in [0.15, 0.2) is 24.3 Å². The summed E-state index contributed by atoms with van der Waals surface area (Å²) in [4.78, 5) is 12.1. The Morgan fingerprint density at radius 2 is 1.95 bits per heavy atom. The standard InChI is InChI=1S/C15H21F3N2O/c1-4-12(13(21)20-9-14(2,3)19)10-6-5-7-11(8-10)15(16,17)18/h5-8,12H,4,9,19H2,1-3H3,(H,20,21). The van der Waals surface area contributed by atoms with Gasteiger partial charge in [0.05, 0.1) is 11.5 Å². The van der Waals surface area contributed by atoms with Crippen LogP contribution in [0.4, 0.5) is 13.2 Å². The topological polar surface area (TPSA) is 55.1 Å². The molecule has 0 aliphatic heterocycles. The Balaban J connectivity index is 2.92. The smallest absolute Gasteiger partial charge is 0.354 e. The van der Waals surface area contributed by atoms with Gasteiger partial charge in [0.15, 0.2) is 0 Å². The number of nitrogens with two attached hydrogens (primary N) is 1. The summed E-state index contributed by atoms with van der Waals surface area (Å²) in [6, 6.07) is 4.88. The maximum atomic E-state index is 12.7. The number of alkyl halides is 3. The minimum atomic E-state index is -4.41. The van der Waals surface area contributed by atoms with Crippen molar-refractivity contribution in [3.63, 3.8) is 0 Å². The zero-order chi connectivity index (χ0) is 16.3. The third-order valence-corrected chi connectivity index (χ3v) is 3.06. The van der Waals surface area contributed by atoms with Crippen LogP contribution >= 0.6 is 0 Å². The molecule has 3 N–H and O–H groups in total. The first-order chi connectivity index (χ1) is 9.54. The molecule has 1 unspecified atom stereocenters. The Morgan fingerprint density at radius 1 is 1.33 bits per heavy atom. The number of nitrogens with one attached hydrogen (secondary N) is 1. The van der Waals surface area contributed by atoms with Crippen molar-refractivity contribution in [3.8, 4) is 0 Å². The Hall–Kier alpha value is -1.56. The number of carbonyl (C=O) groups excluding carboxylic acids is 1. The first kappa shape index (κ1) is 17.5. The molecule has 1 aromatic rings. The van der Waals surface area contributed by atoms with E-state index < -0.39 is 23.2 Å². The van der Waals surface area contributed by atoms with Crippen LogP contribution in [0.1, 0.15) is 44.2 Å². The van der Waals surface area contributed by atoms with Gasteiger partial charge in [-0.3, -0.25) is 4.79 Å². The number of hydrogen-bond donors (Lipinski definition) is 2. The van der Waals surface area contributed by atoms with Gasteiger partial charge in [-0.05, 0) is 31.9 Å². The molecule has 1 aromatic carbocycles. The van der Waals surface area contributed by atoms with Crippen LogP contribution in [0.5, 0.6) is 0 Å². The van der Waals surface area contributed by atoms with Gasteiger partial charge in [0.25, 0.3) is 0 Å². The van der Waals surface area contributed by atoms with Crippen LogP contribution in [0.3, 0.4) is 0 Å². The van der Waals surface area contributed by atoms with Crippen LogP contribution in [0, 0.1) is 0 Å². The third-order valence-electron chi connectivity index (χ3n) is 3.06. The Bertz CT molecular complexity index is 492. The summed E-state index contributed by atoms with van der Waals surface area (Å²) < 4.78 is 38.2. The van der Waals surface area contributed by atoms with Gasteiger partial charge < -0.3 is 11.1 Å². The van der Waals surface area contributed by atoms with E-state index in [1.807, 2.05) is 0 Å². The fourth-order valence-electron chi connectivity index (χ4n) is 1.94. The highest BCUT2D eigenvalue weighted by atomic mass is 19.4. The van der Waals surface area contributed by atoms with E-state index in [0.717, 1.165) is 12.1 Å². The molecule has 0 aliphatic carbocycles. The summed E-state index contributed by atoms with van der Waals surface area (Å²) in [7, 11) is 0. The molecular formula is C15H21F3N2O. The van der Waals surface area contributed by atoms with Crippen molar-refractivity contribution in [2.24, 2.45) is 5.73 Å². The number of benzene rings is 1. The second kappa shape index (κ2) is 6.47. The maximum absolute atomic E-state index is 12.7. The third kappa shape index (κ3) is 5.38. The molecule has 0 aliphatic rings. The zero-order valence-electron chi connectivity index (χ0n) is 12.4. The molecule has 118 valence electrons. The van der Waals surface area contributed by atoms with Crippen LogP contribution in [-0.2, 0) is 11.0 Å². The fourth-order valence-corrected chi connectivity index (χ4v) is 1.94. The quantitative estimate of drug-likeness (QED) is 0.878. The molecule has 1 amide bonds.